The standard InChI is InChI=1S/C15H13F3O4S/c1-10-7-8-11(2)13(9-10)22-23(19,20)14-6-4-3-5-12(14)21-15(16,17)18/h3-9H,1-2H3. The molecule has 2 aromatic rings. The van der Waals surface area contributed by atoms with E-state index in [9.17, 15) is 21.6 Å². The van der Waals surface area contributed by atoms with E-state index in [4.69, 9.17) is 4.18 Å². The van der Waals surface area contributed by atoms with Gasteiger partial charge in [0.25, 0.3) is 0 Å². The quantitative estimate of drug-likeness (QED) is 0.786. The van der Waals surface area contributed by atoms with E-state index in [1.54, 1.807) is 26.0 Å². The summed E-state index contributed by atoms with van der Waals surface area (Å²) in [4.78, 5) is -0.696. The first-order chi connectivity index (χ1) is 10.6. The second-order valence-corrected chi connectivity index (χ2v) is 6.32. The Balaban J connectivity index is 2.42. The fourth-order valence-electron chi connectivity index (χ4n) is 1.83. The van der Waals surface area contributed by atoms with E-state index >= 15 is 0 Å². The molecule has 23 heavy (non-hydrogen) atoms. The zero-order valence-electron chi connectivity index (χ0n) is 12.2. The molecule has 0 saturated heterocycles. The first-order valence-electron chi connectivity index (χ1n) is 6.45. The maximum Gasteiger partial charge on any atom is 0.573 e. The molecule has 2 rings (SSSR count). The Bertz CT molecular complexity index is 814. The second kappa shape index (κ2) is 6.11. The van der Waals surface area contributed by atoms with Crippen LogP contribution in [0.25, 0.3) is 0 Å². The summed E-state index contributed by atoms with van der Waals surface area (Å²) in [6.07, 6.45) is -5.01. The van der Waals surface area contributed by atoms with Crippen molar-refractivity contribution in [2.24, 2.45) is 0 Å². The van der Waals surface area contributed by atoms with E-state index < -0.39 is 27.1 Å². The number of alkyl halides is 3. The van der Waals surface area contributed by atoms with Gasteiger partial charge in [0.1, 0.15) is 10.6 Å². The van der Waals surface area contributed by atoms with Gasteiger partial charge in [0.15, 0.2) is 5.75 Å². The molecule has 0 saturated carbocycles. The summed E-state index contributed by atoms with van der Waals surface area (Å²) in [7, 11) is -4.48. The molecular formula is C15H13F3O4S. The van der Waals surface area contributed by atoms with Crippen LogP contribution in [0.4, 0.5) is 13.2 Å². The van der Waals surface area contributed by atoms with Crippen molar-refractivity contribution in [3.05, 3.63) is 53.6 Å². The average Bonchev–Trinajstić information content (AvgIpc) is 2.41. The van der Waals surface area contributed by atoms with Crippen LogP contribution < -0.4 is 8.92 Å². The Hall–Kier alpha value is -2.22. The predicted octanol–water partition coefficient (Wildman–Crippen LogP) is 3.97. The number of hydrogen-bond donors (Lipinski definition) is 0. The highest BCUT2D eigenvalue weighted by Gasteiger charge is 2.34. The van der Waals surface area contributed by atoms with Crippen LogP contribution in [-0.4, -0.2) is 14.8 Å². The number of halogens is 3. The van der Waals surface area contributed by atoms with E-state index in [1.165, 1.54) is 18.2 Å². The fourth-order valence-corrected chi connectivity index (χ4v) is 2.93. The lowest BCUT2D eigenvalue weighted by Gasteiger charge is -2.14. The van der Waals surface area contributed by atoms with Crippen molar-refractivity contribution in [3.63, 3.8) is 0 Å². The van der Waals surface area contributed by atoms with Crippen molar-refractivity contribution < 1.29 is 30.5 Å². The van der Waals surface area contributed by atoms with Gasteiger partial charge < -0.3 is 8.92 Å². The van der Waals surface area contributed by atoms with Crippen LogP contribution >= 0.6 is 0 Å². The van der Waals surface area contributed by atoms with Gasteiger partial charge in [0, 0.05) is 0 Å². The van der Waals surface area contributed by atoms with Crippen molar-refractivity contribution in [1.29, 1.82) is 0 Å². The van der Waals surface area contributed by atoms with Crippen molar-refractivity contribution in [2.75, 3.05) is 0 Å². The van der Waals surface area contributed by atoms with Gasteiger partial charge in [-0.25, -0.2) is 0 Å². The largest absolute Gasteiger partial charge is 0.573 e. The van der Waals surface area contributed by atoms with Gasteiger partial charge in [-0.15, -0.1) is 13.2 Å². The Labute approximate surface area is 131 Å². The molecule has 0 unspecified atom stereocenters. The van der Waals surface area contributed by atoms with Gasteiger partial charge in [-0.05, 0) is 43.2 Å². The van der Waals surface area contributed by atoms with E-state index in [0.717, 1.165) is 17.7 Å². The van der Waals surface area contributed by atoms with Gasteiger partial charge in [0.2, 0.25) is 0 Å². The van der Waals surface area contributed by atoms with E-state index in [2.05, 4.69) is 4.74 Å². The maximum atomic E-state index is 12.4. The minimum Gasteiger partial charge on any atom is -0.404 e. The van der Waals surface area contributed by atoms with Gasteiger partial charge in [-0.2, -0.15) is 8.42 Å². The number of ether oxygens (including phenoxy) is 1. The molecule has 0 aliphatic rings. The van der Waals surface area contributed by atoms with Crippen LogP contribution in [0.5, 0.6) is 11.5 Å². The van der Waals surface area contributed by atoms with Gasteiger partial charge in [-0.3, -0.25) is 0 Å². The fraction of sp³-hybridized carbons (Fsp3) is 0.200. The van der Waals surface area contributed by atoms with Crippen LogP contribution in [0.3, 0.4) is 0 Å². The summed E-state index contributed by atoms with van der Waals surface area (Å²) in [6, 6.07) is 9.31. The zero-order chi connectivity index (χ0) is 17.3. The minimum absolute atomic E-state index is 0.0480. The third kappa shape index (κ3) is 4.38. The highest BCUT2D eigenvalue weighted by atomic mass is 32.2. The molecule has 0 aromatic heterocycles. The molecule has 8 heteroatoms. The van der Waals surface area contributed by atoms with Crippen molar-refractivity contribution in [2.45, 2.75) is 25.1 Å². The normalized spacial score (nSPS) is 12.0. The topological polar surface area (TPSA) is 52.6 Å². The third-order valence-corrected chi connectivity index (χ3v) is 4.16. The second-order valence-electron chi connectivity index (χ2n) is 4.80. The monoisotopic (exact) mass is 346 g/mol. The minimum atomic E-state index is -5.01. The zero-order valence-corrected chi connectivity index (χ0v) is 13.0. The summed E-state index contributed by atoms with van der Waals surface area (Å²) in [5, 5.41) is 0. The first-order valence-corrected chi connectivity index (χ1v) is 7.86. The lowest BCUT2D eigenvalue weighted by molar-refractivity contribution is -0.275. The van der Waals surface area contributed by atoms with Gasteiger partial charge >= 0.3 is 16.5 Å². The highest BCUT2D eigenvalue weighted by Crippen LogP contribution is 2.32. The third-order valence-electron chi connectivity index (χ3n) is 2.89. The lowest BCUT2D eigenvalue weighted by atomic mass is 10.1. The van der Waals surface area contributed by atoms with Crippen LogP contribution in [-0.2, 0) is 10.1 Å². The Morgan fingerprint density at radius 2 is 1.61 bits per heavy atom. The summed E-state index contributed by atoms with van der Waals surface area (Å²) in [5.74, 6) is -0.794. The number of para-hydroxylation sites is 1. The molecule has 0 atom stereocenters. The van der Waals surface area contributed by atoms with E-state index in [1.807, 2.05) is 0 Å². The highest BCUT2D eigenvalue weighted by molar-refractivity contribution is 7.87. The Kier molecular flexibility index (Phi) is 4.56. The van der Waals surface area contributed by atoms with Crippen LogP contribution in [0.15, 0.2) is 47.4 Å². The molecule has 2 aromatic carbocycles. The predicted molar refractivity (Wildman–Crippen MR) is 76.9 cm³/mol. The summed E-state index contributed by atoms with van der Waals surface area (Å²) in [6.45, 7) is 3.36. The number of benzene rings is 2. The summed E-state index contributed by atoms with van der Waals surface area (Å²) < 4.78 is 70.5. The van der Waals surface area contributed by atoms with E-state index in [-0.39, 0.29) is 5.75 Å². The van der Waals surface area contributed by atoms with Gasteiger partial charge in [-0.1, -0.05) is 24.3 Å². The molecule has 0 heterocycles. The van der Waals surface area contributed by atoms with E-state index in [0.29, 0.717) is 5.56 Å². The van der Waals surface area contributed by atoms with Crippen LogP contribution in [0, 0.1) is 13.8 Å². The molecule has 4 nitrogen and oxygen atoms in total. The molecule has 0 bridgehead atoms. The first kappa shape index (κ1) is 17.1. The molecule has 0 spiro atoms. The Morgan fingerprint density at radius 3 is 2.26 bits per heavy atom. The number of hydrogen-bond acceptors (Lipinski definition) is 4. The number of rotatable bonds is 4. The molecule has 0 aliphatic carbocycles. The molecule has 124 valence electrons. The number of aryl methyl sites for hydroxylation is 2. The maximum absolute atomic E-state index is 12.4. The summed E-state index contributed by atoms with van der Waals surface area (Å²) in [5.41, 5.74) is 1.29. The van der Waals surface area contributed by atoms with Crippen molar-refractivity contribution in [1.82, 2.24) is 0 Å². The molecular weight excluding hydrogens is 333 g/mol. The smallest absolute Gasteiger partial charge is 0.404 e. The molecule has 0 aliphatic heterocycles. The molecule has 0 amide bonds. The van der Waals surface area contributed by atoms with Crippen molar-refractivity contribution >= 4 is 10.1 Å². The average molecular weight is 346 g/mol. The van der Waals surface area contributed by atoms with Gasteiger partial charge in [0.05, 0.1) is 0 Å². The molecule has 0 fully saturated rings. The Morgan fingerprint density at radius 1 is 0.957 bits per heavy atom. The molecule has 0 radical (unpaired) electrons. The van der Waals surface area contributed by atoms with Crippen LogP contribution in [0.2, 0.25) is 0 Å². The van der Waals surface area contributed by atoms with Crippen molar-refractivity contribution in [3.8, 4) is 11.5 Å². The summed E-state index contributed by atoms with van der Waals surface area (Å²) >= 11 is 0. The lowest BCUT2D eigenvalue weighted by Crippen LogP contribution is -2.20. The van der Waals surface area contributed by atoms with Crippen LogP contribution in [0.1, 0.15) is 11.1 Å². The SMILES string of the molecule is Cc1ccc(C)c(OS(=O)(=O)c2ccccc2OC(F)(F)F)c1. The molecule has 0 N–H and O–H groups in total.